The number of anilines is 1. The molecule has 4 rings (SSSR count). The van der Waals surface area contributed by atoms with Crippen molar-refractivity contribution in [3.63, 3.8) is 0 Å². The molecule has 2 saturated heterocycles. The zero-order valence-corrected chi connectivity index (χ0v) is 32.5. The third-order valence-corrected chi connectivity index (χ3v) is 11.8. The van der Waals surface area contributed by atoms with E-state index in [1.807, 2.05) is 44.2 Å². The molecule has 0 bridgehead atoms. The minimum Gasteiger partial charge on any atom is -0.378 e. The van der Waals surface area contributed by atoms with E-state index in [0.29, 0.717) is 56.8 Å². The largest absolute Gasteiger partial charge is 0.378 e. The maximum absolute atomic E-state index is 13.1. The highest BCUT2D eigenvalue weighted by Crippen LogP contribution is 2.30. The Morgan fingerprint density at radius 1 is 0.981 bits per heavy atom. The van der Waals surface area contributed by atoms with Gasteiger partial charge in [0.1, 0.15) is 18.3 Å². The zero-order valence-electron chi connectivity index (χ0n) is 31.7. The van der Waals surface area contributed by atoms with Crippen LogP contribution >= 0.6 is 11.8 Å². The van der Waals surface area contributed by atoms with Crippen LogP contribution in [-0.4, -0.2) is 88.0 Å². The Bertz CT molecular complexity index is 1370. The average molecular weight is 755 g/mol. The lowest BCUT2D eigenvalue weighted by atomic mass is 9.81. The molecule has 6 N–H and O–H groups in total. The number of nitrogens with zero attached hydrogens (tertiary/aromatic N) is 1. The molecule has 3 fully saturated rings. The second-order valence-corrected chi connectivity index (χ2v) is 16.5. The first-order chi connectivity index (χ1) is 25.5. The lowest BCUT2D eigenvalue weighted by molar-refractivity contribution is -0.138. The maximum atomic E-state index is 13.1. The summed E-state index contributed by atoms with van der Waals surface area (Å²) >= 11 is 1.52. The van der Waals surface area contributed by atoms with Gasteiger partial charge in [-0.25, -0.2) is 0 Å². The van der Waals surface area contributed by atoms with Crippen molar-refractivity contribution >= 4 is 47.0 Å². The summed E-state index contributed by atoms with van der Waals surface area (Å²) < 4.78 is 0. The molecule has 12 nitrogen and oxygen atoms in total. The quantitative estimate of drug-likeness (QED) is 0.0564. The summed E-state index contributed by atoms with van der Waals surface area (Å²) in [7, 11) is 0. The van der Waals surface area contributed by atoms with E-state index in [9.17, 15) is 29.1 Å². The van der Waals surface area contributed by atoms with Gasteiger partial charge in [-0.15, -0.1) is 11.8 Å². The number of para-hydroxylation sites is 1. The van der Waals surface area contributed by atoms with E-state index in [0.717, 1.165) is 69.2 Å². The summed E-state index contributed by atoms with van der Waals surface area (Å²) in [5.74, 6) is 0.783. The monoisotopic (exact) mass is 754 g/mol. The molecular formula is C40H62N6O6S. The van der Waals surface area contributed by atoms with Crippen molar-refractivity contribution in [3.05, 3.63) is 42.6 Å². The van der Waals surface area contributed by atoms with E-state index in [1.54, 1.807) is 0 Å². The predicted molar refractivity (Wildman–Crippen MR) is 210 cm³/mol. The third kappa shape index (κ3) is 14.4. The molecule has 5 amide bonds. The van der Waals surface area contributed by atoms with Gasteiger partial charge in [0.25, 0.3) is 0 Å². The van der Waals surface area contributed by atoms with Crippen LogP contribution in [0.4, 0.5) is 5.69 Å². The van der Waals surface area contributed by atoms with Crippen molar-refractivity contribution in [3.8, 4) is 0 Å². The van der Waals surface area contributed by atoms with Crippen molar-refractivity contribution in [1.29, 1.82) is 0 Å². The standard InChI is InChI=1S/C40H62N6O6S/c1-27(2)42-37(49)30-20-18-29(19-21-30)26-41-35(47)16-10-5-11-23-46-36(48)25-34(40(46)52)53-24-12-6-9-15-32(38(50)44-31-13-7-4-8-14-31)45-39(51)33-22-17-28(3)43-33/h4,7-8,13-14,27,29-30,32-34,37,42-43,49H,3,5-6,9-12,15-26H2,1-2H3,(H,41,47)(H,44,50)(H,45,51)/t29?,30?,32-,33+,34?,37?/m0/s1. The number of amides is 5. The van der Waals surface area contributed by atoms with Crippen LogP contribution in [0, 0.1) is 11.8 Å². The van der Waals surface area contributed by atoms with Crippen molar-refractivity contribution < 1.29 is 29.1 Å². The van der Waals surface area contributed by atoms with Gasteiger partial charge >= 0.3 is 0 Å². The molecule has 0 aromatic heterocycles. The van der Waals surface area contributed by atoms with Crippen molar-refractivity contribution in [2.45, 2.75) is 140 Å². The topological polar surface area (TPSA) is 169 Å². The number of benzene rings is 1. The number of unbranched alkanes of at least 4 members (excludes halogenated alkanes) is 4. The van der Waals surface area contributed by atoms with E-state index < -0.39 is 12.3 Å². The van der Waals surface area contributed by atoms with E-state index in [2.05, 4.69) is 33.2 Å². The van der Waals surface area contributed by atoms with E-state index in [1.165, 1.54) is 16.7 Å². The van der Waals surface area contributed by atoms with E-state index >= 15 is 0 Å². The Labute approximate surface area is 319 Å². The molecule has 53 heavy (non-hydrogen) atoms. The molecule has 2 heterocycles. The molecule has 13 heteroatoms. The molecule has 2 aliphatic heterocycles. The van der Waals surface area contributed by atoms with Gasteiger partial charge in [-0.3, -0.25) is 34.2 Å². The average Bonchev–Trinajstić information content (AvgIpc) is 3.69. The number of aliphatic hydroxyl groups excluding tert-OH is 1. The van der Waals surface area contributed by atoms with Crippen LogP contribution in [0.5, 0.6) is 0 Å². The summed E-state index contributed by atoms with van der Waals surface area (Å²) in [5, 5.41) is 25.2. The van der Waals surface area contributed by atoms with Crippen LogP contribution in [0.2, 0.25) is 0 Å². The number of thioether (sulfide) groups is 1. The highest BCUT2D eigenvalue weighted by Gasteiger charge is 2.38. The van der Waals surface area contributed by atoms with Crippen molar-refractivity contribution in [1.82, 2.24) is 26.2 Å². The Morgan fingerprint density at radius 2 is 1.72 bits per heavy atom. The van der Waals surface area contributed by atoms with Crippen LogP contribution in [-0.2, 0) is 24.0 Å². The molecule has 2 unspecified atom stereocenters. The van der Waals surface area contributed by atoms with Crippen LogP contribution in [0.25, 0.3) is 0 Å². The number of likely N-dealkylation sites (tertiary alicyclic amines) is 1. The number of nitrogens with one attached hydrogen (secondary N) is 5. The number of imide groups is 1. The second kappa shape index (κ2) is 22.1. The SMILES string of the molecule is C=C1CC[C@H](C(=O)N[C@@H](CCCCCSC2CC(=O)N(CCCCCC(=O)NCC3CCC(C(O)NC(C)C)CC3)C2=O)C(=O)Nc2ccccc2)N1. The molecular weight excluding hydrogens is 693 g/mol. The number of hydrogen-bond acceptors (Lipinski definition) is 9. The minimum absolute atomic E-state index is 0.0436. The lowest BCUT2D eigenvalue weighted by Gasteiger charge is -2.32. The molecule has 1 aromatic rings. The Morgan fingerprint density at radius 3 is 2.42 bits per heavy atom. The van der Waals surface area contributed by atoms with Gasteiger partial charge in [0.15, 0.2) is 0 Å². The molecule has 1 aliphatic carbocycles. The summed E-state index contributed by atoms with van der Waals surface area (Å²) in [6, 6.07) is 8.37. The third-order valence-electron chi connectivity index (χ3n) is 10.5. The predicted octanol–water partition coefficient (Wildman–Crippen LogP) is 4.60. The minimum atomic E-state index is -0.674. The molecule has 3 aliphatic rings. The number of rotatable bonds is 22. The summed E-state index contributed by atoms with van der Waals surface area (Å²) in [5.41, 5.74) is 1.50. The molecule has 0 radical (unpaired) electrons. The first-order valence-electron chi connectivity index (χ1n) is 19.8. The fraction of sp³-hybridized carbons (Fsp3) is 0.675. The van der Waals surface area contributed by atoms with Crippen LogP contribution in [0.15, 0.2) is 42.6 Å². The summed E-state index contributed by atoms with van der Waals surface area (Å²) in [6.07, 6.45) is 10.5. The highest BCUT2D eigenvalue weighted by atomic mass is 32.2. The summed E-state index contributed by atoms with van der Waals surface area (Å²) in [4.78, 5) is 65.5. The smallest absolute Gasteiger partial charge is 0.246 e. The first-order valence-corrected chi connectivity index (χ1v) is 20.8. The van der Waals surface area contributed by atoms with Gasteiger partial charge in [0.05, 0.1) is 5.25 Å². The molecule has 294 valence electrons. The number of carbonyl (C=O) groups excluding carboxylic acids is 5. The number of allylic oxidation sites excluding steroid dienone is 1. The number of hydrogen-bond donors (Lipinski definition) is 6. The maximum Gasteiger partial charge on any atom is 0.246 e. The Hall–Kier alpha value is -3.42. The molecule has 0 spiro atoms. The van der Waals surface area contributed by atoms with Crippen molar-refractivity contribution in [2.75, 3.05) is 24.2 Å². The fourth-order valence-corrected chi connectivity index (χ4v) is 8.52. The highest BCUT2D eigenvalue weighted by molar-refractivity contribution is 8.00. The van der Waals surface area contributed by atoms with Gasteiger partial charge in [-0.05, 0) is 108 Å². The fourth-order valence-electron chi connectivity index (χ4n) is 7.33. The second-order valence-electron chi connectivity index (χ2n) is 15.2. The van der Waals surface area contributed by atoms with E-state index in [-0.39, 0.29) is 59.2 Å². The van der Waals surface area contributed by atoms with Crippen LogP contribution < -0.4 is 26.6 Å². The molecule has 4 atom stereocenters. The van der Waals surface area contributed by atoms with Gasteiger partial charge in [0.2, 0.25) is 29.5 Å². The van der Waals surface area contributed by atoms with Gasteiger partial charge in [-0.1, -0.05) is 44.0 Å². The summed E-state index contributed by atoms with van der Waals surface area (Å²) in [6.45, 7) is 9.02. The normalized spacial score (nSPS) is 22.8. The van der Waals surface area contributed by atoms with Crippen LogP contribution in [0.1, 0.15) is 110 Å². The number of aliphatic hydroxyl groups is 1. The Kier molecular flexibility index (Phi) is 17.6. The van der Waals surface area contributed by atoms with Crippen LogP contribution in [0.3, 0.4) is 0 Å². The first kappa shape index (κ1) is 42.3. The van der Waals surface area contributed by atoms with Gasteiger partial charge in [-0.2, -0.15) is 0 Å². The van der Waals surface area contributed by atoms with Gasteiger partial charge in [0, 0.05) is 43.4 Å². The lowest BCUT2D eigenvalue weighted by Crippen LogP contribution is -2.49. The molecule has 1 aromatic carbocycles. The number of carbonyl (C=O) groups is 5. The molecule has 1 saturated carbocycles. The Balaban J connectivity index is 1.06. The van der Waals surface area contributed by atoms with Gasteiger partial charge < -0.3 is 26.4 Å². The van der Waals surface area contributed by atoms with E-state index in [4.69, 9.17) is 0 Å². The zero-order chi connectivity index (χ0) is 38.2. The van der Waals surface area contributed by atoms with Crippen molar-refractivity contribution in [2.24, 2.45) is 11.8 Å².